The van der Waals surface area contributed by atoms with Crippen molar-refractivity contribution in [3.8, 4) is 5.75 Å². The number of aromatic nitrogens is 2. The number of imidazole rings is 1. The zero-order valence-corrected chi connectivity index (χ0v) is 11.8. The van der Waals surface area contributed by atoms with Crippen LogP contribution in [-0.4, -0.2) is 24.7 Å². The highest BCUT2D eigenvalue weighted by Crippen LogP contribution is 2.27. The van der Waals surface area contributed by atoms with Gasteiger partial charge in [-0.25, -0.2) is 9.98 Å². The lowest BCUT2D eigenvalue weighted by Crippen LogP contribution is -2.11. The number of H-pyrrole nitrogens is 1. The molecule has 0 aliphatic heterocycles. The minimum absolute atomic E-state index is 0.781. The second-order valence-corrected chi connectivity index (χ2v) is 6.13. The molecule has 0 fully saturated rings. The zero-order valence-electron chi connectivity index (χ0n) is 10.8. The predicted molar refractivity (Wildman–Crippen MR) is 75.0 cm³/mol. The van der Waals surface area contributed by atoms with E-state index in [4.69, 9.17) is 4.43 Å². The normalized spacial score (nSPS) is 11.9. The summed E-state index contributed by atoms with van der Waals surface area (Å²) in [6.45, 7) is 6.13. The average Bonchev–Trinajstić information content (AvgIpc) is 2.84. The van der Waals surface area contributed by atoms with Crippen molar-refractivity contribution in [1.82, 2.24) is 9.97 Å². The summed E-state index contributed by atoms with van der Waals surface area (Å²) in [6, 6.07) is 7.82. The molecular weight excluding hydrogens is 242 g/mol. The van der Waals surface area contributed by atoms with E-state index in [0.29, 0.717) is 0 Å². The van der Waals surface area contributed by atoms with E-state index in [1.54, 1.807) is 12.4 Å². The highest BCUT2D eigenvalue weighted by atomic mass is 28.3. The summed E-state index contributed by atoms with van der Waals surface area (Å²) >= 11 is 0. The topological polar surface area (TPSA) is 50.3 Å². The van der Waals surface area contributed by atoms with Crippen molar-refractivity contribution in [2.45, 2.75) is 20.0 Å². The SMILES string of the molecule is CC(=Nc1ccccc1O[Si](C)C)c1ncc[nH]1. The molecule has 0 aliphatic carbocycles. The summed E-state index contributed by atoms with van der Waals surface area (Å²) < 4.78 is 5.83. The Hall–Kier alpha value is -1.88. The molecule has 0 saturated carbocycles. The Labute approximate surface area is 108 Å². The maximum absolute atomic E-state index is 5.83. The summed E-state index contributed by atoms with van der Waals surface area (Å²) in [6.07, 6.45) is 3.51. The third-order valence-corrected chi connectivity index (χ3v) is 2.94. The van der Waals surface area contributed by atoms with Gasteiger partial charge in [-0.15, -0.1) is 0 Å². The van der Waals surface area contributed by atoms with Crippen molar-refractivity contribution >= 4 is 20.4 Å². The second-order valence-electron chi connectivity index (χ2n) is 4.11. The molecule has 1 aromatic heterocycles. The number of hydrogen-bond donors (Lipinski definition) is 1. The number of nitrogens with one attached hydrogen (secondary N) is 1. The van der Waals surface area contributed by atoms with Crippen LogP contribution >= 0.6 is 0 Å². The van der Waals surface area contributed by atoms with Gasteiger partial charge >= 0.3 is 0 Å². The van der Waals surface area contributed by atoms with Crippen molar-refractivity contribution in [2.24, 2.45) is 4.99 Å². The monoisotopic (exact) mass is 258 g/mol. The Bertz CT molecular complexity index is 535. The van der Waals surface area contributed by atoms with Crippen LogP contribution in [0.2, 0.25) is 13.1 Å². The molecule has 1 radical (unpaired) electrons. The molecule has 0 atom stereocenters. The molecule has 18 heavy (non-hydrogen) atoms. The van der Waals surface area contributed by atoms with Gasteiger partial charge in [0, 0.05) is 12.4 Å². The van der Waals surface area contributed by atoms with Crippen LogP contribution in [0, 0.1) is 0 Å². The van der Waals surface area contributed by atoms with Gasteiger partial charge < -0.3 is 9.41 Å². The fourth-order valence-electron chi connectivity index (χ4n) is 1.55. The number of benzene rings is 1. The molecule has 0 bridgehead atoms. The fourth-order valence-corrected chi connectivity index (χ4v) is 2.16. The van der Waals surface area contributed by atoms with E-state index < -0.39 is 9.04 Å². The molecule has 1 heterocycles. The molecule has 1 aromatic carbocycles. The van der Waals surface area contributed by atoms with Crippen LogP contribution < -0.4 is 4.43 Å². The van der Waals surface area contributed by atoms with E-state index in [0.717, 1.165) is 23.0 Å². The van der Waals surface area contributed by atoms with Gasteiger partial charge in [0.25, 0.3) is 9.04 Å². The summed E-state index contributed by atoms with van der Waals surface area (Å²) in [5, 5.41) is 0. The molecule has 0 amide bonds. The maximum atomic E-state index is 5.83. The lowest BCUT2D eigenvalue weighted by molar-refractivity contribution is 0.582. The Balaban J connectivity index is 2.31. The summed E-state index contributed by atoms with van der Waals surface area (Å²) in [4.78, 5) is 11.8. The van der Waals surface area contributed by atoms with E-state index >= 15 is 0 Å². The molecule has 2 rings (SSSR count). The number of nitrogens with zero attached hydrogens (tertiary/aromatic N) is 2. The Morgan fingerprint density at radius 1 is 1.33 bits per heavy atom. The lowest BCUT2D eigenvalue weighted by atomic mass is 10.3. The van der Waals surface area contributed by atoms with E-state index in [1.807, 2.05) is 31.2 Å². The Morgan fingerprint density at radius 3 is 2.78 bits per heavy atom. The van der Waals surface area contributed by atoms with Gasteiger partial charge in [0.1, 0.15) is 11.4 Å². The van der Waals surface area contributed by atoms with Gasteiger partial charge in [0.05, 0.1) is 5.71 Å². The molecule has 0 saturated heterocycles. The molecule has 1 N–H and O–H groups in total. The molecule has 4 nitrogen and oxygen atoms in total. The molecule has 5 heteroatoms. The first kappa shape index (κ1) is 12.6. The van der Waals surface area contributed by atoms with Crippen molar-refractivity contribution in [3.63, 3.8) is 0 Å². The number of rotatable bonds is 4. The minimum Gasteiger partial charge on any atom is -0.541 e. The number of hydrogen-bond acceptors (Lipinski definition) is 3. The van der Waals surface area contributed by atoms with Gasteiger partial charge in [-0.1, -0.05) is 12.1 Å². The average molecular weight is 258 g/mol. The predicted octanol–water partition coefficient (Wildman–Crippen LogP) is 3.18. The van der Waals surface area contributed by atoms with Crippen LogP contribution in [0.15, 0.2) is 41.7 Å². The van der Waals surface area contributed by atoms with E-state index in [2.05, 4.69) is 28.1 Å². The van der Waals surface area contributed by atoms with E-state index in [9.17, 15) is 0 Å². The quantitative estimate of drug-likeness (QED) is 0.676. The third-order valence-electron chi connectivity index (χ3n) is 2.31. The molecule has 2 aromatic rings. The summed E-state index contributed by atoms with van der Waals surface area (Å²) in [5.74, 6) is 1.62. The van der Waals surface area contributed by atoms with Crippen LogP contribution in [0.5, 0.6) is 5.75 Å². The molecule has 0 spiro atoms. The first-order valence-electron chi connectivity index (χ1n) is 5.79. The van der Waals surface area contributed by atoms with Crippen LogP contribution in [0.1, 0.15) is 12.7 Å². The number of aliphatic imine (C=N–C) groups is 1. The van der Waals surface area contributed by atoms with Crippen LogP contribution in [0.4, 0.5) is 5.69 Å². The van der Waals surface area contributed by atoms with Crippen LogP contribution in [-0.2, 0) is 0 Å². The fraction of sp³-hybridized carbons (Fsp3) is 0.231. The van der Waals surface area contributed by atoms with E-state index in [-0.39, 0.29) is 0 Å². The van der Waals surface area contributed by atoms with Gasteiger partial charge in [-0.05, 0) is 32.2 Å². The Morgan fingerprint density at radius 2 is 2.11 bits per heavy atom. The van der Waals surface area contributed by atoms with Gasteiger partial charge in [-0.2, -0.15) is 0 Å². The van der Waals surface area contributed by atoms with Crippen molar-refractivity contribution in [2.75, 3.05) is 0 Å². The van der Waals surface area contributed by atoms with Crippen LogP contribution in [0.3, 0.4) is 0 Å². The summed E-state index contributed by atoms with van der Waals surface area (Å²) in [7, 11) is -0.790. The van der Waals surface area contributed by atoms with Crippen molar-refractivity contribution < 1.29 is 4.43 Å². The highest BCUT2D eigenvalue weighted by Gasteiger charge is 2.07. The molecular formula is C13H16N3OSi. The first-order valence-corrected chi connectivity index (χ1v) is 8.19. The number of para-hydroxylation sites is 2. The molecule has 0 unspecified atom stereocenters. The van der Waals surface area contributed by atoms with Gasteiger partial charge in [-0.3, -0.25) is 0 Å². The van der Waals surface area contributed by atoms with Gasteiger partial charge in [0.15, 0.2) is 5.82 Å². The first-order chi connectivity index (χ1) is 8.66. The minimum atomic E-state index is -0.790. The van der Waals surface area contributed by atoms with Crippen LogP contribution in [0.25, 0.3) is 0 Å². The zero-order chi connectivity index (χ0) is 13.0. The smallest absolute Gasteiger partial charge is 0.274 e. The third kappa shape index (κ3) is 3.07. The lowest BCUT2D eigenvalue weighted by Gasteiger charge is -2.11. The molecule has 0 aliphatic rings. The van der Waals surface area contributed by atoms with E-state index in [1.165, 1.54) is 0 Å². The standard InChI is InChI=1S/C13H16N3OSi/c1-10(13-14-8-9-15-13)16-11-6-4-5-7-12(11)17-18(2)3/h4-9H,1-3H3,(H,14,15). The Kier molecular flexibility index (Phi) is 3.94. The molecule has 93 valence electrons. The second kappa shape index (κ2) is 5.64. The summed E-state index contributed by atoms with van der Waals surface area (Å²) in [5.41, 5.74) is 1.69. The maximum Gasteiger partial charge on any atom is 0.274 e. The largest absolute Gasteiger partial charge is 0.541 e. The van der Waals surface area contributed by atoms with Crippen molar-refractivity contribution in [1.29, 1.82) is 0 Å². The van der Waals surface area contributed by atoms with Crippen molar-refractivity contribution in [3.05, 3.63) is 42.5 Å². The van der Waals surface area contributed by atoms with Gasteiger partial charge in [0.2, 0.25) is 0 Å². The highest BCUT2D eigenvalue weighted by molar-refractivity contribution is 6.49. The number of aromatic amines is 1.